The van der Waals surface area contributed by atoms with Crippen molar-refractivity contribution in [1.29, 1.82) is 0 Å². The van der Waals surface area contributed by atoms with E-state index in [1.54, 1.807) is 13.3 Å². The van der Waals surface area contributed by atoms with Crippen molar-refractivity contribution in [3.8, 4) is 5.75 Å². The lowest BCUT2D eigenvalue weighted by Gasteiger charge is -2.12. The van der Waals surface area contributed by atoms with E-state index in [9.17, 15) is 4.57 Å². The molecule has 0 N–H and O–H groups in total. The maximum absolute atomic E-state index is 11.4. The van der Waals surface area contributed by atoms with Gasteiger partial charge in [-0.3, -0.25) is 4.57 Å². The van der Waals surface area contributed by atoms with Crippen LogP contribution < -0.4 is 4.52 Å². The van der Waals surface area contributed by atoms with Crippen LogP contribution in [-0.2, 0) is 11.0 Å². The molecule has 0 bridgehead atoms. The summed E-state index contributed by atoms with van der Waals surface area (Å²) < 4.78 is 16.8. The van der Waals surface area contributed by atoms with Crippen LogP contribution in [0, 0.1) is 0 Å². The lowest BCUT2D eigenvalue weighted by atomic mass is 10.1. The molecular weight excluding hydrogens is 183 g/mol. The fourth-order valence-electron chi connectivity index (χ4n) is 1.12. The molecule has 72 valence electrons. The van der Waals surface area contributed by atoms with Gasteiger partial charge in [0.15, 0.2) is 0 Å². The first-order chi connectivity index (χ1) is 6.03. The molecule has 0 radical (unpaired) electrons. The Morgan fingerprint density at radius 1 is 1.31 bits per heavy atom. The molecule has 0 amide bonds. The molecule has 13 heavy (non-hydrogen) atoms. The first kappa shape index (κ1) is 10.3. The number of aryl methyl sites for hydroxylation is 1. The largest absolute Gasteiger partial charge is 0.443 e. The second-order valence-electron chi connectivity index (χ2n) is 3.30. The Bertz CT molecular complexity index is 327. The smallest absolute Gasteiger partial charge is 0.242 e. The van der Waals surface area contributed by atoms with Gasteiger partial charge in [0.25, 0.3) is 0 Å². The Morgan fingerprint density at radius 2 is 1.92 bits per heavy atom. The van der Waals surface area contributed by atoms with E-state index in [1.807, 2.05) is 24.3 Å². The van der Waals surface area contributed by atoms with Crippen molar-refractivity contribution in [3.63, 3.8) is 0 Å². The maximum Gasteiger partial charge on any atom is 0.242 e. The number of hydrogen-bond donors (Lipinski definition) is 0. The van der Waals surface area contributed by atoms with Crippen LogP contribution in [0.1, 0.15) is 12.5 Å². The summed E-state index contributed by atoms with van der Waals surface area (Å²) >= 11 is 0. The van der Waals surface area contributed by atoms with Crippen molar-refractivity contribution >= 4 is 7.37 Å². The molecule has 0 aromatic heterocycles. The summed E-state index contributed by atoms with van der Waals surface area (Å²) in [6.45, 7) is 5.30. The highest BCUT2D eigenvalue weighted by Crippen LogP contribution is 2.39. The normalized spacial score (nSPS) is 11.3. The Labute approximate surface area is 79.4 Å². The minimum absolute atomic E-state index is 0.748. The van der Waals surface area contributed by atoms with Gasteiger partial charge in [0, 0.05) is 13.3 Å². The number of hydrogen-bond acceptors (Lipinski definition) is 2. The molecule has 0 heterocycles. The highest BCUT2D eigenvalue weighted by atomic mass is 31.2. The summed E-state index contributed by atoms with van der Waals surface area (Å²) in [5.74, 6) is 0.748. The van der Waals surface area contributed by atoms with Gasteiger partial charge in [0.05, 0.1) is 0 Å². The van der Waals surface area contributed by atoms with Crippen LogP contribution in [0.3, 0.4) is 0 Å². The number of para-hydroxylation sites is 1. The maximum atomic E-state index is 11.4. The van der Waals surface area contributed by atoms with Crippen molar-refractivity contribution in [2.24, 2.45) is 0 Å². The SMILES string of the molecule is CCc1ccccc1OP(C)(C)=O. The van der Waals surface area contributed by atoms with Crippen molar-refractivity contribution in [2.75, 3.05) is 13.3 Å². The highest BCUT2D eigenvalue weighted by Gasteiger charge is 2.10. The van der Waals surface area contributed by atoms with Crippen LogP contribution in [0.2, 0.25) is 0 Å². The zero-order valence-electron chi connectivity index (χ0n) is 8.28. The third-order valence-electron chi connectivity index (χ3n) is 1.67. The molecule has 0 aliphatic rings. The van der Waals surface area contributed by atoms with Gasteiger partial charge in [-0.25, -0.2) is 0 Å². The van der Waals surface area contributed by atoms with E-state index in [2.05, 4.69) is 6.92 Å². The van der Waals surface area contributed by atoms with Gasteiger partial charge in [-0.1, -0.05) is 25.1 Å². The Hall–Kier alpha value is -0.750. The van der Waals surface area contributed by atoms with E-state index in [4.69, 9.17) is 4.52 Å². The topological polar surface area (TPSA) is 26.3 Å². The number of benzene rings is 1. The Balaban J connectivity index is 2.94. The van der Waals surface area contributed by atoms with Gasteiger partial charge in [-0.2, -0.15) is 0 Å². The molecule has 1 aromatic carbocycles. The summed E-state index contributed by atoms with van der Waals surface area (Å²) in [5, 5.41) is 0. The molecule has 0 aliphatic carbocycles. The predicted molar refractivity (Wildman–Crippen MR) is 55.9 cm³/mol. The fraction of sp³-hybridized carbons (Fsp3) is 0.400. The van der Waals surface area contributed by atoms with Crippen LogP contribution in [0.5, 0.6) is 5.75 Å². The van der Waals surface area contributed by atoms with Crippen LogP contribution >= 0.6 is 7.37 Å². The second kappa shape index (κ2) is 3.97. The fourth-order valence-corrected chi connectivity index (χ4v) is 1.77. The minimum Gasteiger partial charge on any atom is -0.443 e. The molecule has 0 spiro atoms. The lowest BCUT2D eigenvalue weighted by Crippen LogP contribution is -1.92. The zero-order chi connectivity index (χ0) is 9.90. The molecule has 0 fully saturated rings. The molecule has 0 aliphatic heterocycles. The predicted octanol–water partition coefficient (Wildman–Crippen LogP) is 3.17. The van der Waals surface area contributed by atoms with E-state index < -0.39 is 7.37 Å². The third-order valence-corrected chi connectivity index (χ3v) is 2.31. The first-order valence-corrected chi connectivity index (χ1v) is 6.87. The molecule has 2 nitrogen and oxygen atoms in total. The van der Waals surface area contributed by atoms with Gasteiger partial charge in [-0.05, 0) is 18.1 Å². The van der Waals surface area contributed by atoms with Gasteiger partial charge < -0.3 is 4.52 Å². The van der Waals surface area contributed by atoms with Gasteiger partial charge in [0.1, 0.15) is 5.75 Å². The standard InChI is InChI=1S/C10H15O2P/c1-4-9-7-5-6-8-10(9)12-13(2,3)11/h5-8H,4H2,1-3H3. The molecule has 1 rings (SSSR count). The Kier molecular flexibility index (Phi) is 3.16. The second-order valence-corrected chi connectivity index (χ2v) is 5.99. The summed E-state index contributed by atoms with van der Waals surface area (Å²) in [6, 6.07) is 7.70. The van der Waals surface area contributed by atoms with Gasteiger partial charge >= 0.3 is 0 Å². The van der Waals surface area contributed by atoms with E-state index in [0.29, 0.717) is 0 Å². The van der Waals surface area contributed by atoms with E-state index in [1.165, 1.54) is 0 Å². The van der Waals surface area contributed by atoms with Crippen molar-refractivity contribution in [2.45, 2.75) is 13.3 Å². The monoisotopic (exact) mass is 198 g/mol. The molecule has 0 saturated heterocycles. The summed E-state index contributed by atoms with van der Waals surface area (Å²) in [5.41, 5.74) is 1.10. The van der Waals surface area contributed by atoms with E-state index in [-0.39, 0.29) is 0 Å². The summed E-state index contributed by atoms with van der Waals surface area (Å²) in [6.07, 6.45) is 0.899. The van der Waals surface area contributed by atoms with Gasteiger partial charge in [0.2, 0.25) is 7.37 Å². The van der Waals surface area contributed by atoms with E-state index in [0.717, 1.165) is 17.7 Å². The van der Waals surface area contributed by atoms with Crippen molar-refractivity contribution in [3.05, 3.63) is 29.8 Å². The van der Waals surface area contributed by atoms with Crippen molar-refractivity contribution < 1.29 is 9.09 Å². The molecular formula is C10H15O2P. The highest BCUT2D eigenvalue weighted by molar-refractivity contribution is 7.57. The van der Waals surface area contributed by atoms with Crippen LogP contribution in [0.15, 0.2) is 24.3 Å². The molecule has 1 aromatic rings. The average molecular weight is 198 g/mol. The van der Waals surface area contributed by atoms with Crippen LogP contribution in [0.4, 0.5) is 0 Å². The molecule has 0 unspecified atom stereocenters. The summed E-state index contributed by atoms with van der Waals surface area (Å²) in [4.78, 5) is 0. The Morgan fingerprint density at radius 3 is 2.46 bits per heavy atom. The van der Waals surface area contributed by atoms with Crippen molar-refractivity contribution in [1.82, 2.24) is 0 Å². The number of rotatable bonds is 3. The minimum atomic E-state index is -2.43. The van der Waals surface area contributed by atoms with Crippen LogP contribution in [0.25, 0.3) is 0 Å². The van der Waals surface area contributed by atoms with E-state index >= 15 is 0 Å². The molecule has 3 heteroatoms. The average Bonchev–Trinajstić information content (AvgIpc) is 2.02. The quantitative estimate of drug-likeness (QED) is 0.697. The van der Waals surface area contributed by atoms with Crippen LogP contribution in [-0.4, -0.2) is 13.3 Å². The molecule has 0 atom stereocenters. The molecule has 0 saturated carbocycles. The zero-order valence-corrected chi connectivity index (χ0v) is 9.17. The first-order valence-electron chi connectivity index (χ1n) is 4.35. The third kappa shape index (κ3) is 3.23. The van der Waals surface area contributed by atoms with Gasteiger partial charge in [-0.15, -0.1) is 0 Å². The summed E-state index contributed by atoms with van der Waals surface area (Å²) in [7, 11) is -2.43. The lowest BCUT2D eigenvalue weighted by molar-refractivity contribution is 0.491.